The van der Waals surface area contributed by atoms with Gasteiger partial charge in [0.25, 0.3) is 0 Å². The highest BCUT2D eigenvalue weighted by Gasteiger charge is 1.89. The minimum atomic E-state index is 0.361. The van der Waals surface area contributed by atoms with Crippen LogP contribution < -0.4 is 0 Å². The number of rotatable bonds is 14. The molecule has 0 aromatic heterocycles. The van der Waals surface area contributed by atoms with Crippen LogP contribution in [0, 0.1) is 0 Å². The molecule has 0 amide bonds. The quantitative estimate of drug-likeness (QED) is 0.202. The Bertz CT molecular complexity index is 190. The van der Waals surface area contributed by atoms with Crippen molar-refractivity contribution in [1.82, 2.24) is 0 Å². The van der Waals surface area contributed by atoms with Crippen LogP contribution >= 0.6 is 0 Å². The van der Waals surface area contributed by atoms with E-state index in [9.17, 15) is 4.79 Å². The van der Waals surface area contributed by atoms with E-state index in [0.29, 0.717) is 13.2 Å². The molecule has 0 bridgehead atoms. The number of carbonyl (C=O) groups excluding carboxylic acids is 1. The molecule has 0 atom stereocenters. The molecule has 0 aliphatic carbocycles. The second-order valence-corrected chi connectivity index (χ2v) is 4.43. The molecular formula is C15H28O3. The molecule has 0 aromatic carbocycles. The average molecular weight is 256 g/mol. The Morgan fingerprint density at radius 1 is 0.944 bits per heavy atom. The Kier molecular flexibility index (Phi) is 15.4. The molecule has 0 aromatic rings. The summed E-state index contributed by atoms with van der Waals surface area (Å²) in [7, 11) is 0. The zero-order valence-corrected chi connectivity index (χ0v) is 11.7. The molecule has 0 rings (SSSR count). The molecule has 18 heavy (non-hydrogen) atoms. The van der Waals surface area contributed by atoms with Gasteiger partial charge in [0.05, 0.1) is 12.9 Å². The zero-order valence-electron chi connectivity index (χ0n) is 11.7. The maximum absolute atomic E-state index is 10.1. The minimum absolute atomic E-state index is 0.361. The van der Waals surface area contributed by atoms with E-state index in [1.165, 1.54) is 19.3 Å². The molecule has 0 spiro atoms. The summed E-state index contributed by atoms with van der Waals surface area (Å²) in [5, 5.41) is 0. The van der Waals surface area contributed by atoms with Crippen molar-refractivity contribution in [2.45, 2.75) is 64.7 Å². The first kappa shape index (κ1) is 17.2. The van der Waals surface area contributed by atoms with Gasteiger partial charge in [-0.05, 0) is 31.8 Å². The summed E-state index contributed by atoms with van der Waals surface area (Å²) in [5.41, 5.74) is 0. The van der Waals surface area contributed by atoms with Crippen molar-refractivity contribution >= 4 is 6.29 Å². The second kappa shape index (κ2) is 16.2. The van der Waals surface area contributed by atoms with Gasteiger partial charge in [0.1, 0.15) is 6.29 Å². The summed E-state index contributed by atoms with van der Waals surface area (Å²) < 4.78 is 10.5. The van der Waals surface area contributed by atoms with Gasteiger partial charge in [0.2, 0.25) is 0 Å². The highest BCUT2D eigenvalue weighted by Crippen LogP contribution is 2.04. The number of unbranched alkanes of at least 4 members (excludes halogenated alkanes) is 7. The van der Waals surface area contributed by atoms with Gasteiger partial charge in [0, 0.05) is 6.42 Å². The second-order valence-electron chi connectivity index (χ2n) is 4.43. The lowest BCUT2D eigenvalue weighted by Crippen LogP contribution is -1.97. The molecular weight excluding hydrogens is 228 g/mol. The lowest BCUT2D eigenvalue weighted by Gasteiger charge is -2.02. The first-order valence-corrected chi connectivity index (χ1v) is 7.19. The van der Waals surface area contributed by atoms with E-state index in [2.05, 4.69) is 6.92 Å². The van der Waals surface area contributed by atoms with Gasteiger partial charge in [-0.1, -0.05) is 32.6 Å². The first-order chi connectivity index (χ1) is 8.91. The molecule has 106 valence electrons. The molecule has 0 N–H and O–H groups in total. The first-order valence-electron chi connectivity index (χ1n) is 7.19. The Balaban J connectivity index is 3.02. The highest BCUT2D eigenvalue weighted by atomic mass is 16.7. The van der Waals surface area contributed by atoms with Crippen molar-refractivity contribution in [2.75, 3.05) is 13.4 Å². The number of allylic oxidation sites excluding steroid dienone is 1. The van der Waals surface area contributed by atoms with Crippen molar-refractivity contribution in [1.29, 1.82) is 0 Å². The predicted molar refractivity (Wildman–Crippen MR) is 74.3 cm³/mol. The van der Waals surface area contributed by atoms with Crippen LogP contribution in [0.3, 0.4) is 0 Å². The summed E-state index contributed by atoms with van der Waals surface area (Å²) in [6, 6.07) is 0. The fourth-order valence-corrected chi connectivity index (χ4v) is 1.58. The van der Waals surface area contributed by atoms with Crippen molar-refractivity contribution < 1.29 is 14.3 Å². The monoisotopic (exact) mass is 256 g/mol. The van der Waals surface area contributed by atoms with Gasteiger partial charge in [-0.3, -0.25) is 0 Å². The molecule has 0 unspecified atom stereocenters. The standard InChI is InChI=1S/C15H28O3/c1-2-3-10-13-17-15-18-14-11-8-6-4-5-7-9-12-16/h11-12,14H,2-10,13,15H2,1H3. The van der Waals surface area contributed by atoms with Crippen LogP contribution in [0.15, 0.2) is 12.3 Å². The lowest BCUT2D eigenvalue weighted by molar-refractivity contribution is -0.107. The topological polar surface area (TPSA) is 35.5 Å². The zero-order chi connectivity index (χ0) is 13.3. The average Bonchev–Trinajstić information content (AvgIpc) is 2.39. The van der Waals surface area contributed by atoms with Gasteiger partial charge >= 0.3 is 0 Å². The van der Waals surface area contributed by atoms with Crippen molar-refractivity contribution in [3.8, 4) is 0 Å². The summed E-state index contributed by atoms with van der Waals surface area (Å²) in [6.45, 7) is 3.33. The molecule has 0 saturated carbocycles. The van der Waals surface area contributed by atoms with E-state index >= 15 is 0 Å². The third-order valence-electron chi connectivity index (χ3n) is 2.68. The van der Waals surface area contributed by atoms with Crippen LogP contribution in [0.4, 0.5) is 0 Å². The fourth-order valence-electron chi connectivity index (χ4n) is 1.58. The predicted octanol–water partition coefficient (Wildman–Crippen LogP) is 4.22. The van der Waals surface area contributed by atoms with Gasteiger partial charge in [-0.2, -0.15) is 0 Å². The summed E-state index contributed by atoms with van der Waals surface area (Å²) >= 11 is 0. The van der Waals surface area contributed by atoms with E-state index in [1.807, 2.05) is 6.08 Å². The number of carbonyl (C=O) groups is 1. The molecule has 0 aliphatic rings. The fraction of sp³-hybridized carbons (Fsp3) is 0.800. The van der Waals surface area contributed by atoms with E-state index in [4.69, 9.17) is 9.47 Å². The molecule has 0 saturated heterocycles. The van der Waals surface area contributed by atoms with Gasteiger partial charge in [0.15, 0.2) is 6.79 Å². The SMILES string of the molecule is CCCCCOCOC=CCCCCCCC=O. The Labute approximate surface area is 112 Å². The summed E-state index contributed by atoms with van der Waals surface area (Å²) in [6.07, 6.45) is 14.6. The smallest absolute Gasteiger partial charge is 0.188 e. The van der Waals surface area contributed by atoms with Crippen molar-refractivity contribution in [2.24, 2.45) is 0 Å². The molecule has 3 nitrogen and oxygen atoms in total. The third-order valence-corrected chi connectivity index (χ3v) is 2.68. The van der Waals surface area contributed by atoms with Crippen LogP contribution in [0.1, 0.15) is 64.7 Å². The van der Waals surface area contributed by atoms with Crippen molar-refractivity contribution in [3.05, 3.63) is 12.3 Å². The Hall–Kier alpha value is -0.830. The molecule has 0 aliphatic heterocycles. The number of aldehydes is 1. The largest absolute Gasteiger partial charge is 0.475 e. The summed E-state index contributed by atoms with van der Waals surface area (Å²) in [4.78, 5) is 10.1. The summed E-state index contributed by atoms with van der Waals surface area (Å²) in [5.74, 6) is 0. The normalized spacial score (nSPS) is 10.9. The van der Waals surface area contributed by atoms with Crippen LogP contribution in [0.2, 0.25) is 0 Å². The Morgan fingerprint density at radius 2 is 1.72 bits per heavy atom. The van der Waals surface area contributed by atoms with Gasteiger partial charge < -0.3 is 14.3 Å². The van der Waals surface area contributed by atoms with Crippen LogP contribution in [0.25, 0.3) is 0 Å². The molecule has 3 heteroatoms. The number of hydrogen-bond acceptors (Lipinski definition) is 3. The van der Waals surface area contributed by atoms with Crippen LogP contribution in [-0.2, 0) is 14.3 Å². The number of hydrogen-bond donors (Lipinski definition) is 0. The Morgan fingerprint density at radius 3 is 2.44 bits per heavy atom. The van der Waals surface area contributed by atoms with E-state index < -0.39 is 0 Å². The minimum Gasteiger partial charge on any atom is -0.475 e. The van der Waals surface area contributed by atoms with E-state index in [0.717, 1.165) is 45.0 Å². The third kappa shape index (κ3) is 15.2. The van der Waals surface area contributed by atoms with Gasteiger partial charge in [-0.15, -0.1) is 0 Å². The number of ether oxygens (including phenoxy) is 2. The molecule has 0 fully saturated rings. The van der Waals surface area contributed by atoms with Gasteiger partial charge in [-0.25, -0.2) is 0 Å². The van der Waals surface area contributed by atoms with Crippen molar-refractivity contribution in [3.63, 3.8) is 0 Å². The van der Waals surface area contributed by atoms with E-state index in [-0.39, 0.29) is 0 Å². The molecule has 0 radical (unpaired) electrons. The van der Waals surface area contributed by atoms with Crippen LogP contribution in [0.5, 0.6) is 0 Å². The molecule has 0 heterocycles. The maximum atomic E-state index is 10.1. The maximum Gasteiger partial charge on any atom is 0.188 e. The van der Waals surface area contributed by atoms with E-state index in [1.54, 1.807) is 6.26 Å². The van der Waals surface area contributed by atoms with Crippen LogP contribution in [-0.4, -0.2) is 19.7 Å². The highest BCUT2D eigenvalue weighted by molar-refractivity contribution is 5.48. The lowest BCUT2D eigenvalue weighted by atomic mass is 10.1.